The largest absolute Gasteiger partial charge is 1.00 e. The van der Waals surface area contributed by atoms with Crippen molar-refractivity contribution in [2.24, 2.45) is 0 Å². The Labute approximate surface area is 94.4 Å². The summed E-state index contributed by atoms with van der Waals surface area (Å²) in [6, 6.07) is 0. The molecule has 0 amide bonds. The third kappa shape index (κ3) is 6.39. The van der Waals surface area contributed by atoms with Crippen LogP contribution in [0.1, 0.15) is 15.3 Å². The van der Waals surface area contributed by atoms with E-state index in [4.69, 9.17) is 5.11 Å². The van der Waals surface area contributed by atoms with E-state index in [0.29, 0.717) is 0 Å². The van der Waals surface area contributed by atoms with E-state index < -0.39 is 17.5 Å². The molecule has 0 bridgehead atoms. The first-order chi connectivity index (χ1) is 5.07. The van der Waals surface area contributed by atoms with Gasteiger partial charge < -0.3 is 11.3 Å². The number of hydrogen-bond acceptors (Lipinski definition) is 4. The van der Waals surface area contributed by atoms with Crippen molar-refractivity contribution < 1.29 is 50.4 Å². The molecule has 0 aromatic rings. The predicted molar refractivity (Wildman–Crippen MR) is 39.1 cm³/mol. The second-order valence-corrected chi connectivity index (χ2v) is 1.86. The third-order valence-corrected chi connectivity index (χ3v) is 0.825. The minimum Gasteiger partial charge on any atom is -1.00 e. The predicted octanol–water partition coefficient (Wildman–Crippen LogP) is -2.30. The van der Waals surface area contributed by atoms with Crippen LogP contribution in [-0.2, 0) is 14.3 Å². The van der Waals surface area contributed by atoms with Crippen LogP contribution in [0.25, 0.3) is 0 Å². The molecular weight excluding hydrogens is 171 g/mol. The molecule has 0 unspecified atom stereocenters. The molecule has 0 spiro atoms. The molecule has 0 fully saturated rings. The number of esters is 1. The Balaban J connectivity index is -0.000000500. The Morgan fingerprint density at radius 3 is 2.42 bits per heavy atom. The van der Waals surface area contributed by atoms with E-state index in [1.165, 1.54) is 6.92 Å². The van der Waals surface area contributed by atoms with E-state index in [2.05, 4.69) is 4.74 Å². The van der Waals surface area contributed by atoms with Gasteiger partial charge in [-0.2, -0.15) is 0 Å². The van der Waals surface area contributed by atoms with Crippen LogP contribution in [0.4, 0.5) is 0 Å². The van der Waals surface area contributed by atoms with E-state index >= 15 is 0 Å². The minimum absolute atomic E-state index is 0. The van der Waals surface area contributed by atoms with Gasteiger partial charge in [-0.15, -0.1) is 0 Å². The average Bonchev–Trinajstić information content (AvgIpc) is 1.86. The number of carbonyl (C=O) groups is 2. The van der Waals surface area contributed by atoms with E-state index in [-0.39, 0.29) is 37.6 Å². The van der Waals surface area contributed by atoms with Gasteiger partial charge in [0.05, 0.1) is 6.61 Å². The second kappa shape index (κ2) is 7.34. The molecule has 0 aromatic carbocycles. The van der Waals surface area contributed by atoms with Crippen LogP contribution in [-0.4, -0.2) is 23.5 Å². The Bertz CT molecular complexity index is 203. The van der Waals surface area contributed by atoms with Crippen LogP contribution in [0.3, 0.4) is 0 Å². The summed E-state index contributed by atoms with van der Waals surface area (Å²) in [4.78, 5) is 20.9. The molecule has 1 N–H and O–H groups in total. The topological polar surface area (TPSA) is 63.6 Å². The molecule has 0 aliphatic rings. The van der Waals surface area contributed by atoms with Gasteiger partial charge in [-0.25, -0.2) is 4.79 Å². The van der Waals surface area contributed by atoms with Crippen molar-refractivity contribution in [2.75, 3.05) is 6.61 Å². The van der Waals surface area contributed by atoms with E-state index in [9.17, 15) is 9.59 Å². The third-order valence-electron chi connectivity index (χ3n) is 0.825. The molecule has 0 atom stereocenters. The van der Waals surface area contributed by atoms with Gasteiger partial charge >= 0.3 is 35.5 Å². The van der Waals surface area contributed by atoms with Crippen molar-refractivity contribution in [3.63, 3.8) is 0 Å². The fourth-order valence-corrected chi connectivity index (χ4v) is 0.456. The molecule has 0 radical (unpaired) electrons. The van der Waals surface area contributed by atoms with Gasteiger partial charge in [0.15, 0.2) is 5.78 Å². The number of ketones is 1. The van der Waals surface area contributed by atoms with Crippen LogP contribution >= 0.6 is 0 Å². The molecule has 0 aromatic heterocycles. The van der Waals surface area contributed by atoms with Gasteiger partial charge in [0.2, 0.25) is 5.76 Å². The quantitative estimate of drug-likeness (QED) is 0.231. The Hall–Kier alpha value is -0.320. The van der Waals surface area contributed by atoms with Crippen molar-refractivity contribution >= 4 is 11.8 Å². The SMILES string of the molecule is CCOC(=O)C(O)=CC(C)=O.[H-].[Na+]. The van der Waals surface area contributed by atoms with E-state index in [0.717, 1.165) is 6.08 Å². The molecule has 0 rings (SSSR count). The van der Waals surface area contributed by atoms with E-state index in [1.807, 2.05) is 0 Å². The number of aliphatic hydroxyl groups is 1. The van der Waals surface area contributed by atoms with Crippen LogP contribution < -0.4 is 29.6 Å². The second-order valence-electron chi connectivity index (χ2n) is 1.86. The molecule has 5 heteroatoms. The molecule has 0 aliphatic carbocycles. The zero-order chi connectivity index (χ0) is 8.85. The standard InChI is InChI=1S/C7H10O4.Na.H/c1-3-11-7(10)6(9)4-5(2)8;;/h4,9H,3H2,1-2H3;;/q;+1;-1. The number of hydrogen-bond donors (Lipinski definition) is 1. The number of allylic oxidation sites excluding steroid dienone is 1. The molecule has 64 valence electrons. The fraction of sp³-hybridized carbons (Fsp3) is 0.429. The number of rotatable bonds is 3. The first kappa shape index (κ1) is 14.2. The van der Waals surface area contributed by atoms with Crippen LogP contribution in [0.15, 0.2) is 11.8 Å². The fourth-order valence-electron chi connectivity index (χ4n) is 0.456. The number of ether oxygens (including phenoxy) is 1. The summed E-state index contributed by atoms with van der Waals surface area (Å²) in [5.74, 6) is -1.92. The van der Waals surface area contributed by atoms with Crippen molar-refractivity contribution in [3.05, 3.63) is 11.8 Å². The summed E-state index contributed by atoms with van der Waals surface area (Å²) in [5.41, 5.74) is 0. The Morgan fingerprint density at radius 1 is 1.58 bits per heavy atom. The normalized spacial score (nSPS) is 10.0. The van der Waals surface area contributed by atoms with Crippen LogP contribution in [0.5, 0.6) is 0 Å². The Morgan fingerprint density at radius 2 is 2.08 bits per heavy atom. The van der Waals surface area contributed by atoms with Crippen LogP contribution in [0.2, 0.25) is 0 Å². The molecule has 0 saturated carbocycles. The van der Waals surface area contributed by atoms with Crippen LogP contribution in [0, 0.1) is 0 Å². The average molecular weight is 182 g/mol. The maximum Gasteiger partial charge on any atom is 1.00 e. The van der Waals surface area contributed by atoms with Crippen molar-refractivity contribution in [1.82, 2.24) is 0 Å². The van der Waals surface area contributed by atoms with Crippen molar-refractivity contribution in [2.45, 2.75) is 13.8 Å². The summed E-state index contributed by atoms with van der Waals surface area (Å²) in [6.45, 7) is 3.02. The zero-order valence-electron chi connectivity index (χ0n) is 8.46. The molecule has 0 saturated heterocycles. The number of carbonyl (C=O) groups excluding carboxylic acids is 2. The molecule has 0 heterocycles. The van der Waals surface area contributed by atoms with Gasteiger partial charge in [0.1, 0.15) is 0 Å². The van der Waals surface area contributed by atoms with Crippen molar-refractivity contribution in [1.29, 1.82) is 0 Å². The van der Waals surface area contributed by atoms with Gasteiger partial charge in [0, 0.05) is 6.08 Å². The van der Waals surface area contributed by atoms with Gasteiger partial charge in [0.25, 0.3) is 0 Å². The summed E-state index contributed by atoms with van der Waals surface area (Å²) in [5, 5.41) is 8.78. The first-order valence-electron chi connectivity index (χ1n) is 3.16. The summed E-state index contributed by atoms with van der Waals surface area (Å²) in [7, 11) is 0. The molecule has 0 aliphatic heterocycles. The maximum atomic E-state index is 10.6. The minimum atomic E-state index is -0.872. The maximum absolute atomic E-state index is 10.6. The summed E-state index contributed by atoms with van der Waals surface area (Å²) < 4.78 is 4.40. The monoisotopic (exact) mass is 182 g/mol. The van der Waals surface area contributed by atoms with Gasteiger partial charge in [-0.3, -0.25) is 4.79 Å². The summed E-state index contributed by atoms with van der Waals surface area (Å²) in [6.07, 6.45) is 0.817. The Kier molecular flexibility index (Phi) is 8.69. The first-order valence-corrected chi connectivity index (χ1v) is 3.16. The summed E-state index contributed by atoms with van der Waals surface area (Å²) >= 11 is 0. The van der Waals surface area contributed by atoms with Gasteiger partial charge in [-0.05, 0) is 13.8 Å². The molecule has 4 nitrogen and oxygen atoms in total. The molecule has 12 heavy (non-hydrogen) atoms. The number of aliphatic hydroxyl groups excluding tert-OH is 1. The smallest absolute Gasteiger partial charge is 1.00 e. The van der Waals surface area contributed by atoms with E-state index in [1.54, 1.807) is 6.92 Å². The zero-order valence-corrected chi connectivity index (χ0v) is 9.46. The van der Waals surface area contributed by atoms with Gasteiger partial charge in [-0.1, -0.05) is 0 Å². The van der Waals surface area contributed by atoms with Crippen molar-refractivity contribution in [3.8, 4) is 0 Å². The molecular formula is C7H11NaO4.